The molecule has 0 saturated carbocycles. The van der Waals surface area contributed by atoms with Gasteiger partial charge in [0.25, 0.3) is 5.91 Å². The number of carbonyl (C=O) groups excluding carboxylic acids is 1. The van der Waals surface area contributed by atoms with Crippen molar-refractivity contribution in [3.63, 3.8) is 0 Å². The van der Waals surface area contributed by atoms with Crippen LogP contribution in [-0.2, 0) is 13.1 Å². The SMILES string of the molecule is Cc1ccc(CN(CCN(C)C)C(=O)c2ccc(Cn3cncn3)cc2)o1. The zero-order valence-corrected chi connectivity index (χ0v) is 16.0. The molecule has 27 heavy (non-hydrogen) atoms. The van der Waals surface area contributed by atoms with Crippen molar-refractivity contribution in [3.8, 4) is 0 Å². The minimum atomic E-state index is -0.00166. The van der Waals surface area contributed by atoms with Gasteiger partial charge in [0.05, 0.1) is 13.1 Å². The summed E-state index contributed by atoms with van der Waals surface area (Å²) in [5, 5.41) is 4.10. The summed E-state index contributed by atoms with van der Waals surface area (Å²) in [6, 6.07) is 11.5. The summed E-state index contributed by atoms with van der Waals surface area (Å²) in [4.78, 5) is 20.9. The second-order valence-electron chi connectivity index (χ2n) is 6.83. The summed E-state index contributed by atoms with van der Waals surface area (Å²) in [7, 11) is 4.00. The number of aryl methyl sites for hydroxylation is 1. The van der Waals surface area contributed by atoms with Crippen LogP contribution in [0.3, 0.4) is 0 Å². The Hall–Kier alpha value is -2.93. The fourth-order valence-electron chi connectivity index (χ4n) is 2.77. The first-order valence-electron chi connectivity index (χ1n) is 8.92. The zero-order chi connectivity index (χ0) is 19.2. The van der Waals surface area contributed by atoms with Crippen molar-refractivity contribution in [2.45, 2.75) is 20.0 Å². The minimum absolute atomic E-state index is 0.00166. The van der Waals surface area contributed by atoms with E-state index in [9.17, 15) is 4.79 Å². The monoisotopic (exact) mass is 367 g/mol. The molecule has 0 unspecified atom stereocenters. The van der Waals surface area contributed by atoms with E-state index in [1.807, 2.05) is 62.3 Å². The van der Waals surface area contributed by atoms with Crippen LogP contribution in [0.25, 0.3) is 0 Å². The number of amides is 1. The maximum absolute atomic E-state index is 13.0. The Morgan fingerprint density at radius 3 is 2.48 bits per heavy atom. The Labute approximate surface area is 159 Å². The lowest BCUT2D eigenvalue weighted by Crippen LogP contribution is -2.36. The summed E-state index contributed by atoms with van der Waals surface area (Å²) < 4.78 is 7.41. The maximum Gasteiger partial charge on any atom is 0.254 e. The Morgan fingerprint density at radius 1 is 1.11 bits per heavy atom. The fourth-order valence-corrected chi connectivity index (χ4v) is 2.77. The van der Waals surface area contributed by atoms with Crippen LogP contribution in [0.4, 0.5) is 0 Å². The van der Waals surface area contributed by atoms with E-state index >= 15 is 0 Å². The summed E-state index contributed by atoms with van der Waals surface area (Å²) >= 11 is 0. The number of benzene rings is 1. The Balaban J connectivity index is 1.71. The summed E-state index contributed by atoms with van der Waals surface area (Å²) in [5.41, 5.74) is 1.73. The molecule has 142 valence electrons. The lowest BCUT2D eigenvalue weighted by atomic mass is 10.1. The first-order chi connectivity index (χ1) is 13.0. The van der Waals surface area contributed by atoms with Gasteiger partial charge in [0, 0.05) is 18.7 Å². The van der Waals surface area contributed by atoms with Gasteiger partial charge < -0.3 is 14.2 Å². The van der Waals surface area contributed by atoms with Gasteiger partial charge in [-0.2, -0.15) is 5.10 Å². The molecular weight excluding hydrogens is 342 g/mol. The maximum atomic E-state index is 13.0. The molecule has 7 nitrogen and oxygen atoms in total. The summed E-state index contributed by atoms with van der Waals surface area (Å²) in [6.07, 6.45) is 3.18. The van der Waals surface area contributed by atoms with Gasteiger partial charge in [0.1, 0.15) is 24.2 Å². The third-order valence-electron chi connectivity index (χ3n) is 4.26. The molecule has 3 aromatic rings. The number of hydrogen-bond donors (Lipinski definition) is 0. The summed E-state index contributed by atoms with van der Waals surface area (Å²) in [5.74, 6) is 1.64. The minimum Gasteiger partial charge on any atom is -0.464 e. The van der Waals surface area contributed by atoms with E-state index in [1.54, 1.807) is 11.0 Å². The molecular formula is C20H25N5O2. The molecule has 0 fully saturated rings. The number of rotatable bonds is 8. The number of likely N-dealkylation sites (N-methyl/N-ethyl adjacent to an activating group) is 1. The van der Waals surface area contributed by atoms with E-state index in [0.29, 0.717) is 25.2 Å². The van der Waals surface area contributed by atoms with Crippen LogP contribution in [0.1, 0.15) is 27.4 Å². The number of hydrogen-bond acceptors (Lipinski definition) is 5. The normalized spacial score (nSPS) is 11.1. The van der Waals surface area contributed by atoms with E-state index in [1.165, 1.54) is 6.33 Å². The smallest absolute Gasteiger partial charge is 0.254 e. The van der Waals surface area contributed by atoms with Gasteiger partial charge in [-0.1, -0.05) is 12.1 Å². The lowest BCUT2D eigenvalue weighted by molar-refractivity contribution is 0.0719. The average Bonchev–Trinajstić information content (AvgIpc) is 3.30. The van der Waals surface area contributed by atoms with Crippen LogP contribution in [-0.4, -0.2) is 57.7 Å². The number of nitrogens with zero attached hydrogens (tertiary/aromatic N) is 5. The van der Waals surface area contributed by atoms with Gasteiger partial charge in [0.15, 0.2) is 0 Å². The van der Waals surface area contributed by atoms with Crippen molar-refractivity contribution in [3.05, 3.63) is 71.7 Å². The molecule has 1 amide bonds. The highest BCUT2D eigenvalue weighted by molar-refractivity contribution is 5.94. The van der Waals surface area contributed by atoms with E-state index in [0.717, 1.165) is 23.6 Å². The number of furan rings is 1. The van der Waals surface area contributed by atoms with Gasteiger partial charge in [0.2, 0.25) is 0 Å². The Kier molecular flexibility index (Phi) is 6.03. The largest absolute Gasteiger partial charge is 0.464 e. The quantitative estimate of drug-likeness (QED) is 0.612. The van der Waals surface area contributed by atoms with Crippen molar-refractivity contribution in [1.82, 2.24) is 24.6 Å². The topological polar surface area (TPSA) is 67.4 Å². The van der Waals surface area contributed by atoms with E-state index in [2.05, 4.69) is 15.0 Å². The predicted octanol–water partition coefficient (Wildman–Crippen LogP) is 2.43. The van der Waals surface area contributed by atoms with Crippen molar-refractivity contribution in [2.75, 3.05) is 27.2 Å². The van der Waals surface area contributed by atoms with Crippen LogP contribution < -0.4 is 0 Å². The third-order valence-corrected chi connectivity index (χ3v) is 4.26. The van der Waals surface area contributed by atoms with Gasteiger partial charge >= 0.3 is 0 Å². The molecule has 1 aromatic carbocycles. The van der Waals surface area contributed by atoms with E-state index < -0.39 is 0 Å². The molecule has 7 heteroatoms. The standard InChI is InChI=1S/C20H25N5O2/c1-16-4-9-19(27-16)13-24(11-10-23(2)3)20(26)18-7-5-17(6-8-18)12-25-15-21-14-22-25/h4-9,14-15H,10-13H2,1-3H3. The first-order valence-corrected chi connectivity index (χ1v) is 8.92. The molecule has 0 N–H and O–H groups in total. The molecule has 0 aliphatic rings. The molecule has 0 radical (unpaired) electrons. The van der Waals surface area contributed by atoms with Crippen molar-refractivity contribution in [2.24, 2.45) is 0 Å². The van der Waals surface area contributed by atoms with Gasteiger partial charge in [-0.25, -0.2) is 9.67 Å². The number of aromatic nitrogens is 3. The predicted molar refractivity (Wildman–Crippen MR) is 102 cm³/mol. The molecule has 0 atom stereocenters. The first kappa shape index (κ1) is 18.8. The molecule has 0 saturated heterocycles. The van der Waals surface area contributed by atoms with Crippen LogP contribution in [0.15, 0.2) is 53.5 Å². The highest BCUT2D eigenvalue weighted by Crippen LogP contribution is 2.14. The van der Waals surface area contributed by atoms with E-state index in [-0.39, 0.29) is 5.91 Å². The average molecular weight is 367 g/mol. The van der Waals surface area contributed by atoms with Gasteiger partial charge in [-0.3, -0.25) is 4.79 Å². The summed E-state index contributed by atoms with van der Waals surface area (Å²) in [6.45, 7) is 4.41. The van der Waals surface area contributed by atoms with Crippen LogP contribution in [0.2, 0.25) is 0 Å². The van der Waals surface area contributed by atoms with Crippen molar-refractivity contribution < 1.29 is 9.21 Å². The molecule has 2 aromatic heterocycles. The molecule has 0 bridgehead atoms. The third kappa shape index (κ3) is 5.27. The van der Waals surface area contributed by atoms with Gasteiger partial charge in [-0.15, -0.1) is 0 Å². The zero-order valence-electron chi connectivity index (χ0n) is 16.0. The molecule has 0 spiro atoms. The molecule has 0 aliphatic carbocycles. The highest BCUT2D eigenvalue weighted by atomic mass is 16.3. The van der Waals surface area contributed by atoms with Gasteiger partial charge in [-0.05, 0) is 50.8 Å². The molecule has 0 aliphatic heterocycles. The van der Waals surface area contributed by atoms with E-state index in [4.69, 9.17) is 4.42 Å². The van der Waals surface area contributed by atoms with Crippen molar-refractivity contribution in [1.29, 1.82) is 0 Å². The van der Waals surface area contributed by atoms with Crippen molar-refractivity contribution >= 4 is 5.91 Å². The second kappa shape index (κ2) is 8.64. The van der Waals surface area contributed by atoms with Crippen LogP contribution in [0, 0.1) is 6.92 Å². The second-order valence-corrected chi connectivity index (χ2v) is 6.83. The van der Waals surface area contributed by atoms with Crippen LogP contribution >= 0.6 is 0 Å². The fraction of sp³-hybridized carbons (Fsp3) is 0.350. The van der Waals surface area contributed by atoms with Crippen LogP contribution in [0.5, 0.6) is 0 Å². The Morgan fingerprint density at radius 2 is 1.89 bits per heavy atom. The molecule has 3 rings (SSSR count). The molecule has 2 heterocycles. The highest BCUT2D eigenvalue weighted by Gasteiger charge is 2.18. The lowest BCUT2D eigenvalue weighted by Gasteiger charge is -2.23. The Bertz CT molecular complexity index is 853. The number of carbonyl (C=O) groups is 1.